The zero-order chi connectivity index (χ0) is 14.4. The van der Waals surface area contributed by atoms with Crippen LogP contribution in [0.1, 0.15) is 49.2 Å². The highest BCUT2D eigenvalue weighted by molar-refractivity contribution is 5.94. The van der Waals surface area contributed by atoms with E-state index in [0.717, 1.165) is 25.1 Å². The molecule has 1 amide bonds. The number of amides is 1. The highest BCUT2D eigenvalue weighted by atomic mass is 16.3. The highest BCUT2D eigenvalue weighted by Gasteiger charge is 2.17. The number of carbonyl (C=O) groups excluding carboxylic acids is 1. The van der Waals surface area contributed by atoms with Crippen LogP contribution in [0.5, 0.6) is 0 Å². The second kappa shape index (κ2) is 7.28. The van der Waals surface area contributed by atoms with E-state index in [1.165, 1.54) is 0 Å². The van der Waals surface area contributed by atoms with Crippen molar-refractivity contribution in [1.82, 2.24) is 14.7 Å². The molecule has 0 aromatic carbocycles. The van der Waals surface area contributed by atoms with Crippen LogP contribution in [0.3, 0.4) is 0 Å². The zero-order valence-electron chi connectivity index (χ0n) is 12.4. The van der Waals surface area contributed by atoms with E-state index in [2.05, 4.69) is 12.0 Å². The quantitative estimate of drug-likeness (QED) is 0.820. The lowest BCUT2D eigenvalue weighted by molar-refractivity contribution is 0.0768. The van der Waals surface area contributed by atoms with Gasteiger partial charge in [0.25, 0.3) is 5.91 Å². The summed E-state index contributed by atoms with van der Waals surface area (Å²) in [4.78, 5) is 13.9. The van der Waals surface area contributed by atoms with Crippen LogP contribution >= 0.6 is 0 Å². The SMILES string of the molecule is CCCCn1ncc(C(=O)N(C)CCC(C)O)c1C. The van der Waals surface area contributed by atoms with Crippen molar-refractivity contribution in [3.05, 3.63) is 17.5 Å². The molecule has 5 nitrogen and oxygen atoms in total. The minimum atomic E-state index is -0.386. The summed E-state index contributed by atoms with van der Waals surface area (Å²) < 4.78 is 1.89. The number of aliphatic hydroxyl groups excluding tert-OH is 1. The molecule has 1 atom stereocenters. The van der Waals surface area contributed by atoms with Gasteiger partial charge < -0.3 is 10.0 Å². The summed E-state index contributed by atoms with van der Waals surface area (Å²) in [6.45, 7) is 7.20. The lowest BCUT2D eigenvalue weighted by Gasteiger charge is -2.17. The molecule has 5 heteroatoms. The van der Waals surface area contributed by atoms with Gasteiger partial charge in [-0.15, -0.1) is 0 Å². The minimum Gasteiger partial charge on any atom is -0.393 e. The standard InChI is InChI=1S/C14H25N3O2/c1-5-6-8-17-12(3)13(10-15-17)14(19)16(4)9-7-11(2)18/h10-11,18H,5-9H2,1-4H3. The molecular weight excluding hydrogens is 242 g/mol. The highest BCUT2D eigenvalue weighted by Crippen LogP contribution is 2.11. The molecule has 0 fully saturated rings. The molecule has 0 radical (unpaired) electrons. The third kappa shape index (κ3) is 4.35. The Bertz CT molecular complexity index is 413. The molecular formula is C14H25N3O2. The predicted octanol–water partition coefficient (Wildman–Crippen LogP) is 1.83. The third-order valence-electron chi connectivity index (χ3n) is 3.29. The number of rotatable bonds is 7. The zero-order valence-corrected chi connectivity index (χ0v) is 12.4. The normalized spacial score (nSPS) is 12.5. The number of carbonyl (C=O) groups is 1. The lowest BCUT2D eigenvalue weighted by Crippen LogP contribution is -2.29. The number of aryl methyl sites for hydroxylation is 1. The van der Waals surface area contributed by atoms with Gasteiger partial charge in [-0.2, -0.15) is 5.10 Å². The number of nitrogens with zero attached hydrogens (tertiary/aromatic N) is 3. The average Bonchev–Trinajstić information content (AvgIpc) is 2.73. The fourth-order valence-corrected chi connectivity index (χ4v) is 1.88. The first kappa shape index (κ1) is 15.7. The van der Waals surface area contributed by atoms with E-state index in [1.54, 1.807) is 25.1 Å². The first-order chi connectivity index (χ1) is 8.97. The number of hydrogen-bond donors (Lipinski definition) is 1. The summed E-state index contributed by atoms with van der Waals surface area (Å²) in [5.41, 5.74) is 1.58. The molecule has 0 spiro atoms. The monoisotopic (exact) mass is 267 g/mol. The van der Waals surface area contributed by atoms with Crippen molar-refractivity contribution in [3.8, 4) is 0 Å². The summed E-state index contributed by atoms with van der Waals surface area (Å²) in [5.74, 6) is -0.0269. The fraction of sp³-hybridized carbons (Fsp3) is 0.714. The van der Waals surface area contributed by atoms with Gasteiger partial charge in [-0.1, -0.05) is 13.3 Å². The Labute approximate surface area is 115 Å². The molecule has 0 saturated heterocycles. The first-order valence-corrected chi connectivity index (χ1v) is 6.93. The topological polar surface area (TPSA) is 58.4 Å². The van der Waals surface area contributed by atoms with Gasteiger partial charge >= 0.3 is 0 Å². The Morgan fingerprint density at radius 1 is 1.58 bits per heavy atom. The van der Waals surface area contributed by atoms with E-state index in [9.17, 15) is 9.90 Å². The molecule has 0 aliphatic heterocycles. The van der Waals surface area contributed by atoms with Crippen molar-refractivity contribution in [3.63, 3.8) is 0 Å². The van der Waals surface area contributed by atoms with E-state index >= 15 is 0 Å². The fourth-order valence-electron chi connectivity index (χ4n) is 1.88. The molecule has 108 valence electrons. The average molecular weight is 267 g/mol. The number of unbranched alkanes of at least 4 members (excludes halogenated alkanes) is 1. The van der Waals surface area contributed by atoms with Crippen LogP contribution in [0.4, 0.5) is 0 Å². The molecule has 0 aliphatic carbocycles. The maximum absolute atomic E-state index is 12.3. The summed E-state index contributed by atoms with van der Waals surface area (Å²) in [7, 11) is 1.76. The molecule has 1 aromatic rings. The maximum atomic E-state index is 12.3. The van der Waals surface area contributed by atoms with E-state index < -0.39 is 0 Å². The molecule has 19 heavy (non-hydrogen) atoms. The molecule has 1 unspecified atom stereocenters. The Morgan fingerprint density at radius 3 is 2.84 bits per heavy atom. The molecule has 1 N–H and O–H groups in total. The van der Waals surface area contributed by atoms with E-state index in [0.29, 0.717) is 18.5 Å². The summed E-state index contributed by atoms with van der Waals surface area (Å²) in [6.07, 6.45) is 4.02. The predicted molar refractivity (Wildman–Crippen MR) is 75.1 cm³/mol. The van der Waals surface area contributed by atoms with Crippen LogP contribution in [-0.2, 0) is 6.54 Å². The third-order valence-corrected chi connectivity index (χ3v) is 3.29. The maximum Gasteiger partial charge on any atom is 0.257 e. The van der Waals surface area contributed by atoms with Crippen molar-refractivity contribution in [2.45, 2.75) is 52.7 Å². The van der Waals surface area contributed by atoms with Crippen LogP contribution in [0, 0.1) is 6.92 Å². The number of aliphatic hydroxyl groups is 1. The van der Waals surface area contributed by atoms with E-state index in [-0.39, 0.29) is 12.0 Å². The van der Waals surface area contributed by atoms with Gasteiger partial charge in [-0.05, 0) is 26.7 Å². The molecule has 1 aromatic heterocycles. The lowest BCUT2D eigenvalue weighted by atomic mass is 10.2. The Balaban J connectivity index is 2.68. The first-order valence-electron chi connectivity index (χ1n) is 6.93. The number of hydrogen-bond acceptors (Lipinski definition) is 3. The Morgan fingerprint density at radius 2 is 2.26 bits per heavy atom. The van der Waals surface area contributed by atoms with Crippen molar-refractivity contribution in [1.29, 1.82) is 0 Å². The van der Waals surface area contributed by atoms with Crippen LogP contribution in [-0.4, -0.2) is 45.4 Å². The second-order valence-corrected chi connectivity index (χ2v) is 5.08. The molecule has 1 heterocycles. The van der Waals surface area contributed by atoms with Crippen molar-refractivity contribution >= 4 is 5.91 Å². The molecule has 0 aliphatic rings. The van der Waals surface area contributed by atoms with Gasteiger partial charge in [0.05, 0.1) is 17.9 Å². The van der Waals surface area contributed by atoms with Gasteiger partial charge in [0.1, 0.15) is 0 Å². The number of aromatic nitrogens is 2. The molecule has 1 rings (SSSR count). The van der Waals surface area contributed by atoms with Crippen LogP contribution < -0.4 is 0 Å². The summed E-state index contributed by atoms with van der Waals surface area (Å²) >= 11 is 0. The van der Waals surface area contributed by atoms with Crippen molar-refractivity contribution < 1.29 is 9.90 Å². The van der Waals surface area contributed by atoms with Crippen LogP contribution in [0.15, 0.2) is 6.20 Å². The minimum absolute atomic E-state index is 0.0269. The van der Waals surface area contributed by atoms with Crippen LogP contribution in [0.2, 0.25) is 0 Å². The largest absolute Gasteiger partial charge is 0.393 e. The van der Waals surface area contributed by atoms with Gasteiger partial charge in [-0.25, -0.2) is 0 Å². The van der Waals surface area contributed by atoms with Crippen molar-refractivity contribution in [2.75, 3.05) is 13.6 Å². The molecule has 0 bridgehead atoms. The van der Waals surface area contributed by atoms with Gasteiger partial charge in [-0.3, -0.25) is 9.48 Å². The summed E-state index contributed by atoms with van der Waals surface area (Å²) in [6, 6.07) is 0. The summed E-state index contributed by atoms with van der Waals surface area (Å²) in [5, 5.41) is 13.5. The van der Waals surface area contributed by atoms with Crippen molar-refractivity contribution in [2.24, 2.45) is 0 Å². The molecule has 0 saturated carbocycles. The smallest absolute Gasteiger partial charge is 0.257 e. The second-order valence-electron chi connectivity index (χ2n) is 5.08. The van der Waals surface area contributed by atoms with Gasteiger partial charge in [0.2, 0.25) is 0 Å². The van der Waals surface area contributed by atoms with E-state index in [4.69, 9.17) is 0 Å². The van der Waals surface area contributed by atoms with Crippen LogP contribution in [0.25, 0.3) is 0 Å². The van der Waals surface area contributed by atoms with Gasteiger partial charge in [0.15, 0.2) is 0 Å². The Kier molecular flexibility index (Phi) is 6.02. The Hall–Kier alpha value is -1.36. The van der Waals surface area contributed by atoms with E-state index in [1.807, 2.05) is 11.6 Å². The van der Waals surface area contributed by atoms with Gasteiger partial charge in [0, 0.05) is 25.8 Å².